The highest BCUT2D eigenvalue weighted by Crippen LogP contribution is 2.29. The molecule has 0 heterocycles. The average molecular weight is 346 g/mol. The lowest BCUT2D eigenvalue weighted by Crippen LogP contribution is -2.25. The van der Waals surface area contributed by atoms with Gasteiger partial charge in [-0.25, -0.2) is 0 Å². The molecule has 2 aromatic carbocycles. The highest BCUT2D eigenvalue weighted by atomic mass is 35.5. The Hall–Kier alpha value is -2.46. The van der Waals surface area contributed by atoms with Gasteiger partial charge in [-0.1, -0.05) is 23.7 Å². The van der Waals surface area contributed by atoms with E-state index in [4.69, 9.17) is 21.1 Å². The second-order valence-electron chi connectivity index (χ2n) is 5.23. The first kappa shape index (κ1) is 17.9. The van der Waals surface area contributed by atoms with Gasteiger partial charge in [-0.15, -0.1) is 0 Å². The van der Waals surface area contributed by atoms with Gasteiger partial charge >= 0.3 is 0 Å². The fourth-order valence-corrected chi connectivity index (χ4v) is 2.50. The molecular weight excluding hydrogens is 326 g/mol. The number of hydrogen-bond donors (Lipinski definition) is 1. The maximum absolute atomic E-state index is 12.1. The molecule has 0 aliphatic rings. The van der Waals surface area contributed by atoms with Gasteiger partial charge < -0.3 is 14.8 Å². The number of ether oxygens (including phenoxy) is 2. The van der Waals surface area contributed by atoms with Crippen molar-refractivity contribution in [2.24, 2.45) is 0 Å². The van der Waals surface area contributed by atoms with E-state index in [1.165, 1.54) is 6.08 Å². The molecule has 0 bridgehead atoms. The van der Waals surface area contributed by atoms with Crippen molar-refractivity contribution in [1.82, 2.24) is 5.32 Å². The number of halogens is 1. The Morgan fingerprint density at radius 1 is 1.17 bits per heavy atom. The highest BCUT2D eigenvalue weighted by Gasteiger charge is 2.14. The molecule has 0 saturated heterocycles. The molecule has 0 radical (unpaired) electrons. The number of hydrogen-bond acceptors (Lipinski definition) is 3. The van der Waals surface area contributed by atoms with Crippen LogP contribution in [0.15, 0.2) is 48.5 Å². The van der Waals surface area contributed by atoms with E-state index in [1.807, 2.05) is 37.3 Å². The number of benzene rings is 2. The molecule has 2 rings (SSSR count). The van der Waals surface area contributed by atoms with Crippen LogP contribution in [-0.4, -0.2) is 20.1 Å². The van der Waals surface area contributed by atoms with Crippen LogP contribution < -0.4 is 14.8 Å². The van der Waals surface area contributed by atoms with Crippen LogP contribution in [-0.2, 0) is 4.79 Å². The van der Waals surface area contributed by atoms with Crippen LogP contribution in [0.5, 0.6) is 11.5 Å². The van der Waals surface area contributed by atoms with Gasteiger partial charge in [0.1, 0.15) is 11.5 Å². The first-order chi connectivity index (χ1) is 11.5. The van der Waals surface area contributed by atoms with Crippen molar-refractivity contribution in [2.75, 3.05) is 14.2 Å². The predicted octanol–water partition coefficient (Wildman–Crippen LogP) is 4.25. The van der Waals surface area contributed by atoms with Crippen molar-refractivity contribution in [3.8, 4) is 11.5 Å². The third kappa shape index (κ3) is 4.77. The van der Waals surface area contributed by atoms with E-state index < -0.39 is 0 Å². The second kappa shape index (κ2) is 8.41. The summed E-state index contributed by atoms with van der Waals surface area (Å²) < 4.78 is 10.6. The Balaban J connectivity index is 2.08. The van der Waals surface area contributed by atoms with Crippen molar-refractivity contribution < 1.29 is 14.3 Å². The third-order valence-electron chi connectivity index (χ3n) is 3.54. The van der Waals surface area contributed by atoms with E-state index in [-0.39, 0.29) is 11.9 Å². The minimum atomic E-state index is -0.230. The molecule has 0 fully saturated rings. The first-order valence-corrected chi connectivity index (χ1v) is 7.87. The topological polar surface area (TPSA) is 47.6 Å². The number of methoxy groups -OCH3 is 2. The molecular formula is C19H20ClNO3. The Labute approximate surface area is 147 Å². The summed E-state index contributed by atoms with van der Waals surface area (Å²) in [5.41, 5.74) is 1.71. The van der Waals surface area contributed by atoms with E-state index in [2.05, 4.69) is 5.32 Å². The average Bonchev–Trinajstić information content (AvgIpc) is 2.59. The van der Waals surface area contributed by atoms with Gasteiger partial charge in [0.2, 0.25) is 5.91 Å². The summed E-state index contributed by atoms with van der Waals surface area (Å²) >= 11 is 5.93. The van der Waals surface area contributed by atoms with Crippen LogP contribution in [0.4, 0.5) is 0 Å². The first-order valence-electron chi connectivity index (χ1n) is 7.49. The zero-order chi connectivity index (χ0) is 17.5. The van der Waals surface area contributed by atoms with E-state index in [9.17, 15) is 4.79 Å². The van der Waals surface area contributed by atoms with Gasteiger partial charge in [0.15, 0.2) is 0 Å². The van der Waals surface area contributed by atoms with E-state index in [1.54, 1.807) is 32.4 Å². The van der Waals surface area contributed by atoms with Crippen LogP contribution in [0.25, 0.3) is 6.08 Å². The summed E-state index contributed by atoms with van der Waals surface area (Å²) in [5, 5.41) is 3.54. The molecule has 1 N–H and O–H groups in total. The highest BCUT2D eigenvalue weighted by molar-refractivity contribution is 6.30. The SMILES string of the molecule is COc1ccc(OC)c([C@H](C)NC(=O)/C=C/c2cccc(Cl)c2)c1. The van der Waals surface area contributed by atoms with Crippen LogP contribution >= 0.6 is 11.6 Å². The molecule has 4 nitrogen and oxygen atoms in total. The molecule has 1 amide bonds. The number of carbonyl (C=O) groups is 1. The summed E-state index contributed by atoms with van der Waals surface area (Å²) in [7, 11) is 3.20. The standard InChI is InChI=1S/C19H20ClNO3/c1-13(17-12-16(23-2)8-9-18(17)24-3)21-19(22)10-7-14-5-4-6-15(20)11-14/h4-13H,1-3H3,(H,21,22)/b10-7+/t13-/m0/s1. The number of rotatable bonds is 6. The molecule has 2 aromatic rings. The summed E-state index contributed by atoms with van der Waals surface area (Å²) in [4.78, 5) is 12.1. The Morgan fingerprint density at radius 2 is 1.96 bits per heavy atom. The maximum atomic E-state index is 12.1. The molecule has 0 aliphatic carbocycles. The van der Waals surface area contributed by atoms with E-state index in [0.717, 1.165) is 11.1 Å². The van der Waals surface area contributed by atoms with Gasteiger partial charge in [-0.2, -0.15) is 0 Å². The third-order valence-corrected chi connectivity index (χ3v) is 3.77. The lowest BCUT2D eigenvalue weighted by atomic mass is 10.1. The van der Waals surface area contributed by atoms with Crippen molar-refractivity contribution in [2.45, 2.75) is 13.0 Å². The van der Waals surface area contributed by atoms with Gasteiger partial charge in [-0.05, 0) is 48.9 Å². The molecule has 24 heavy (non-hydrogen) atoms. The fraction of sp³-hybridized carbons (Fsp3) is 0.211. The predicted molar refractivity (Wildman–Crippen MR) is 96.6 cm³/mol. The molecule has 0 unspecified atom stereocenters. The van der Waals surface area contributed by atoms with Crippen LogP contribution in [0, 0.1) is 0 Å². The fourth-order valence-electron chi connectivity index (χ4n) is 2.30. The van der Waals surface area contributed by atoms with Crippen LogP contribution in [0.3, 0.4) is 0 Å². The molecule has 1 atom stereocenters. The number of nitrogens with one attached hydrogen (secondary N) is 1. The molecule has 0 aliphatic heterocycles. The Bertz CT molecular complexity index is 743. The summed E-state index contributed by atoms with van der Waals surface area (Å²) in [6.45, 7) is 1.89. The molecule has 0 aromatic heterocycles. The largest absolute Gasteiger partial charge is 0.497 e. The van der Waals surface area contributed by atoms with Gasteiger partial charge in [0, 0.05) is 16.7 Å². The Morgan fingerprint density at radius 3 is 2.62 bits per heavy atom. The molecule has 126 valence electrons. The van der Waals surface area contributed by atoms with Crippen molar-refractivity contribution in [3.63, 3.8) is 0 Å². The van der Waals surface area contributed by atoms with Gasteiger partial charge in [0.05, 0.1) is 20.3 Å². The molecule has 5 heteroatoms. The van der Waals surface area contributed by atoms with Gasteiger partial charge in [-0.3, -0.25) is 4.79 Å². The van der Waals surface area contributed by atoms with Crippen LogP contribution in [0.2, 0.25) is 5.02 Å². The minimum absolute atomic E-state index is 0.202. The number of amides is 1. The summed E-state index contributed by atoms with van der Waals surface area (Å²) in [5.74, 6) is 1.20. The normalized spacial score (nSPS) is 12.0. The van der Waals surface area contributed by atoms with E-state index >= 15 is 0 Å². The summed E-state index contributed by atoms with van der Waals surface area (Å²) in [6, 6.07) is 12.6. The van der Waals surface area contributed by atoms with Crippen molar-refractivity contribution >= 4 is 23.6 Å². The minimum Gasteiger partial charge on any atom is -0.497 e. The lowest BCUT2D eigenvalue weighted by Gasteiger charge is -2.17. The zero-order valence-corrected chi connectivity index (χ0v) is 14.6. The van der Waals surface area contributed by atoms with E-state index in [0.29, 0.717) is 16.5 Å². The smallest absolute Gasteiger partial charge is 0.244 e. The number of carbonyl (C=O) groups excluding carboxylic acids is 1. The summed E-state index contributed by atoms with van der Waals surface area (Å²) in [6.07, 6.45) is 3.20. The van der Waals surface area contributed by atoms with Crippen LogP contribution in [0.1, 0.15) is 24.1 Å². The van der Waals surface area contributed by atoms with Crippen molar-refractivity contribution in [3.05, 3.63) is 64.7 Å². The second-order valence-corrected chi connectivity index (χ2v) is 5.66. The molecule has 0 spiro atoms. The monoisotopic (exact) mass is 345 g/mol. The quantitative estimate of drug-likeness (QED) is 0.796. The molecule has 0 saturated carbocycles. The van der Waals surface area contributed by atoms with Gasteiger partial charge in [0.25, 0.3) is 0 Å². The lowest BCUT2D eigenvalue weighted by molar-refractivity contribution is -0.117. The Kier molecular flexibility index (Phi) is 6.27. The van der Waals surface area contributed by atoms with Crippen molar-refractivity contribution in [1.29, 1.82) is 0 Å². The zero-order valence-electron chi connectivity index (χ0n) is 13.9. The maximum Gasteiger partial charge on any atom is 0.244 e.